The predicted molar refractivity (Wildman–Crippen MR) is 74.6 cm³/mol. The minimum absolute atomic E-state index is 0.329. The number of carbonyl (C=O) groups excluding carboxylic acids is 1. The van der Waals surface area contributed by atoms with Crippen molar-refractivity contribution in [1.82, 2.24) is 9.88 Å². The fourth-order valence-corrected chi connectivity index (χ4v) is 2.04. The van der Waals surface area contributed by atoms with Gasteiger partial charge in [-0.15, -0.1) is 0 Å². The minimum Gasteiger partial charge on any atom is -0.444 e. The molecule has 5 heteroatoms. The van der Waals surface area contributed by atoms with Crippen molar-refractivity contribution >= 4 is 11.7 Å². The topological polar surface area (TPSA) is 42.4 Å². The molecule has 0 N–H and O–H groups in total. The average molecular weight is 278 g/mol. The molecule has 2 rings (SSSR count). The molecule has 1 aliphatic heterocycles. The first-order valence-electron chi connectivity index (χ1n) is 6.63. The van der Waals surface area contributed by atoms with E-state index in [4.69, 9.17) is 4.74 Å². The van der Waals surface area contributed by atoms with Gasteiger partial charge in [0.15, 0.2) is 0 Å². The molecular weight excluding hydrogens is 259 g/mol. The molecule has 0 saturated carbocycles. The van der Waals surface area contributed by atoms with Gasteiger partial charge in [0.2, 0.25) is 0 Å². The molecule has 0 saturated heterocycles. The van der Waals surface area contributed by atoms with Gasteiger partial charge in [-0.05, 0) is 38.8 Å². The second-order valence-electron chi connectivity index (χ2n) is 5.76. The van der Waals surface area contributed by atoms with Crippen LogP contribution in [0.4, 0.5) is 9.18 Å². The zero-order chi connectivity index (χ0) is 14.8. The summed E-state index contributed by atoms with van der Waals surface area (Å²) in [6.45, 7) is 6.47. The van der Waals surface area contributed by atoms with Crippen molar-refractivity contribution in [2.24, 2.45) is 0 Å². The smallest absolute Gasteiger partial charge is 0.410 e. The standard InChI is InChI=1S/C15H19FN2O2/c1-15(2,3)20-14(19)18-8-5-11(6-9-18)12-4-7-17-10-13(12)16/h4-5,7,10H,6,8-9H2,1-3H3. The highest BCUT2D eigenvalue weighted by atomic mass is 19.1. The Bertz CT molecular complexity index is 535. The molecule has 0 atom stereocenters. The third kappa shape index (κ3) is 3.56. The van der Waals surface area contributed by atoms with Crippen LogP contribution in [0.25, 0.3) is 5.57 Å². The van der Waals surface area contributed by atoms with Crippen LogP contribution in [0.5, 0.6) is 0 Å². The second-order valence-corrected chi connectivity index (χ2v) is 5.76. The van der Waals surface area contributed by atoms with E-state index >= 15 is 0 Å². The van der Waals surface area contributed by atoms with Crippen molar-refractivity contribution in [3.8, 4) is 0 Å². The molecule has 4 nitrogen and oxygen atoms in total. The maximum absolute atomic E-state index is 13.6. The van der Waals surface area contributed by atoms with E-state index in [2.05, 4.69) is 4.98 Å². The third-order valence-electron chi connectivity index (χ3n) is 2.98. The Balaban J connectivity index is 2.04. The van der Waals surface area contributed by atoms with Gasteiger partial charge in [-0.2, -0.15) is 0 Å². The summed E-state index contributed by atoms with van der Waals surface area (Å²) in [7, 11) is 0. The molecule has 1 amide bonds. The van der Waals surface area contributed by atoms with Crippen molar-refractivity contribution < 1.29 is 13.9 Å². The summed E-state index contributed by atoms with van der Waals surface area (Å²) in [6, 6.07) is 1.66. The van der Waals surface area contributed by atoms with Crippen LogP contribution < -0.4 is 0 Å². The van der Waals surface area contributed by atoms with Gasteiger partial charge in [-0.3, -0.25) is 4.98 Å². The Hall–Kier alpha value is -1.91. The van der Waals surface area contributed by atoms with Gasteiger partial charge in [0.1, 0.15) is 11.4 Å². The summed E-state index contributed by atoms with van der Waals surface area (Å²) in [5, 5.41) is 0. The van der Waals surface area contributed by atoms with Gasteiger partial charge in [-0.25, -0.2) is 9.18 Å². The van der Waals surface area contributed by atoms with Crippen LogP contribution >= 0.6 is 0 Å². The lowest BCUT2D eigenvalue weighted by molar-refractivity contribution is 0.0270. The van der Waals surface area contributed by atoms with E-state index in [0.717, 1.165) is 5.57 Å². The zero-order valence-electron chi connectivity index (χ0n) is 12.0. The first kappa shape index (κ1) is 14.5. The molecule has 0 unspecified atom stereocenters. The van der Waals surface area contributed by atoms with Gasteiger partial charge in [0.05, 0.1) is 6.20 Å². The predicted octanol–water partition coefficient (Wildman–Crippen LogP) is 3.24. The van der Waals surface area contributed by atoms with E-state index in [9.17, 15) is 9.18 Å². The first-order valence-corrected chi connectivity index (χ1v) is 6.63. The number of aromatic nitrogens is 1. The normalized spacial score (nSPS) is 15.8. The van der Waals surface area contributed by atoms with E-state index in [1.54, 1.807) is 17.2 Å². The van der Waals surface area contributed by atoms with Crippen molar-refractivity contribution in [3.63, 3.8) is 0 Å². The number of hydrogen-bond donors (Lipinski definition) is 0. The molecule has 0 aromatic carbocycles. The molecular formula is C15H19FN2O2. The molecule has 0 bridgehead atoms. The maximum atomic E-state index is 13.6. The summed E-state index contributed by atoms with van der Waals surface area (Å²) in [4.78, 5) is 17.3. The van der Waals surface area contributed by atoms with E-state index in [-0.39, 0.29) is 11.9 Å². The molecule has 0 fully saturated rings. The fraction of sp³-hybridized carbons (Fsp3) is 0.467. The highest BCUT2D eigenvalue weighted by Gasteiger charge is 2.24. The largest absolute Gasteiger partial charge is 0.444 e. The lowest BCUT2D eigenvalue weighted by Gasteiger charge is -2.29. The number of hydrogen-bond acceptors (Lipinski definition) is 3. The summed E-state index contributed by atoms with van der Waals surface area (Å²) in [6.07, 6.45) is 4.92. The molecule has 2 heterocycles. The zero-order valence-corrected chi connectivity index (χ0v) is 12.0. The molecule has 108 valence electrons. The van der Waals surface area contributed by atoms with E-state index < -0.39 is 5.60 Å². The van der Waals surface area contributed by atoms with Crippen molar-refractivity contribution in [2.75, 3.05) is 13.1 Å². The van der Waals surface area contributed by atoms with Crippen LogP contribution in [0.15, 0.2) is 24.5 Å². The van der Waals surface area contributed by atoms with Gasteiger partial charge in [0.25, 0.3) is 0 Å². The second kappa shape index (κ2) is 5.61. The average Bonchev–Trinajstić information content (AvgIpc) is 2.37. The fourth-order valence-electron chi connectivity index (χ4n) is 2.04. The Labute approximate surface area is 118 Å². The van der Waals surface area contributed by atoms with E-state index in [0.29, 0.717) is 25.1 Å². The molecule has 20 heavy (non-hydrogen) atoms. The number of rotatable bonds is 1. The Morgan fingerprint density at radius 2 is 2.20 bits per heavy atom. The van der Waals surface area contributed by atoms with Crippen molar-refractivity contribution in [1.29, 1.82) is 0 Å². The first-order chi connectivity index (χ1) is 9.37. The number of amides is 1. The highest BCUT2D eigenvalue weighted by molar-refractivity contribution is 5.72. The van der Waals surface area contributed by atoms with Gasteiger partial charge in [-0.1, -0.05) is 6.08 Å². The van der Waals surface area contributed by atoms with Gasteiger partial charge < -0.3 is 9.64 Å². The van der Waals surface area contributed by atoms with Crippen molar-refractivity contribution in [2.45, 2.75) is 32.8 Å². The number of halogens is 1. The molecule has 1 aromatic rings. The lowest BCUT2D eigenvalue weighted by atomic mass is 10.0. The molecule has 0 radical (unpaired) electrons. The Morgan fingerprint density at radius 3 is 2.75 bits per heavy atom. The summed E-state index contributed by atoms with van der Waals surface area (Å²) in [5.74, 6) is -0.329. The molecule has 1 aliphatic rings. The molecule has 0 spiro atoms. The van der Waals surface area contributed by atoms with Crippen LogP contribution in [0.1, 0.15) is 32.8 Å². The lowest BCUT2D eigenvalue weighted by Crippen LogP contribution is -2.39. The summed E-state index contributed by atoms with van der Waals surface area (Å²) >= 11 is 0. The highest BCUT2D eigenvalue weighted by Crippen LogP contribution is 2.24. The van der Waals surface area contributed by atoms with Crippen LogP contribution in [0.3, 0.4) is 0 Å². The van der Waals surface area contributed by atoms with Crippen LogP contribution in [0.2, 0.25) is 0 Å². The van der Waals surface area contributed by atoms with Crippen LogP contribution in [-0.4, -0.2) is 34.7 Å². The quantitative estimate of drug-likeness (QED) is 0.792. The van der Waals surface area contributed by atoms with Gasteiger partial charge in [0, 0.05) is 24.8 Å². The Morgan fingerprint density at radius 1 is 1.45 bits per heavy atom. The maximum Gasteiger partial charge on any atom is 0.410 e. The van der Waals surface area contributed by atoms with Crippen LogP contribution in [0, 0.1) is 5.82 Å². The summed E-state index contributed by atoms with van der Waals surface area (Å²) < 4.78 is 19.0. The number of carbonyl (C=O) groups is 1. The third-order valence-corrected chi connectivity index (χ3v) is 2.98. The summed E-state index contributed by atoms with van der Waals surface area (Å²) in [5.41, 5.74) is 0.965. The number of ether oxygens (including phenoxy) is 1. The molecule has 0 aliphatic carbocycles. The SMILES string of the molecule is CC(C)(C)OC(=O)N1CC=C(c2ccncc2F)CC1. The van der Waals surface area contributed by atoms with Crippen LogP contribution in [-0.2, 0) is 4.74 Å². The van der Waals surface area contributed by atoms with Crippen molar-refractivity contribution in [3.05, 3.63) is 35.9 Å². The number of pyridine rings is 1. The van der Waals surface area contributed by atoms with E-state index in [1.165, 1.54) is 6.20 Å². The number of nitrogens with zero attached hydrogens (tertiary/aromatic N) is 2. The molecule has 1 aromatic heterocycles. The Kier molecular flexibility index (Phi) is 4.06. The monoisotopic (exact) mass is 278 g/mol. The van der Waals surface area contributed by atoms with E-state index in [1.807, 2.05) is 26.8 Å². The minimum atomic E-state index is -0.502. The van der Waals surface area contributed by atoms with Gasteiger partial charge >= 0.3 is 6.09 Å².